The number of hydrogen-bond donors (Lipinski definition) is 1. The van der Waals surface area contributed by atoms with E-state index in [1.807, 2.05) is 0 Å². The van der Waals surface area contributed by atoms with E-state index in [1.165, 1.54) is 38.5 Å². The molecule has 1 saturated heterocycles. The lowest BCUT2D eigenvalue weighted by atomic mass is 9.70. The molecule has 1 aliphatic carbocycles. The molecular formula is C15H28O2. The molecule has 2 aliphatic rings. The zero-order chi connectivity index (χ0) is 12.5. The van der Waals surface area contributed by atoms with E-state index in [1.54, 1.807) is 0 Å². The van der Waals surface area contributed by atoms with Crippen molar-refractivity contribution >= 4 is 0 Å². The van der Waals surface area contributed by atoms with Crippen LogP contribution in [0.15, 0.2) is 0 Å². The molecule has 0 aromatic heterocycles. The van der Waals surface area contributed by atoms with Crippen molar-refractivity contribution < 1.29 is 9.84 Å². The normalized spacial score (nSPS) is 30.0. The minimum atomic E-state index is -0.164. The number of aliphatic hydroxyl groups is 1. The van der Waals surface area contributed by atoms with Crippen molar-refractivity contribution in [3.8, 4) is 0 Å². The quantitative estimate of drug-likeness (QED) is 0.818. The first-order valence-electron chi connectivity index (χ1n) is 7.23. The lowest BCUT2D eigenvalue weighted by molar-refractivity contribution is -0.145. The highest BCUT2D eigenvalue weighted by Crippen LogP contribution is 2.45. The van der Waals surface area contributed by atoms with Crippen LogP contribution in [-0.4, -0.2) is 23.4 Å². The van der Waals surface area contributed by atoms with Crippen LogP contribution in [0.3, 0.4) is 0 Å². The second kappa shape index (κ2) is 4.89. The van der Waals surface area contributed by atoms with Gasteiger partial charge in [-0.15, -0.1) is 0 Å². The van der Waals surface area contributed by atoms with Crippen molar-refractivity contribution in [3.05, 3.63) is 0 Å². The highest BCUT2D eigenvalue weighted by Gasteiger charge is 2.42. The topological polar surface area (TPSA) is 29.5 Å². The van der Waals surface area contributed by atoms with Crippen LogP contribution >= 0.6 is 0 Å². The minimum absolute atomic E-state index is 0.0271. The molecule has 1 heterocycles. The minimum Gasteiger partial charge on any atom is -0.393 e. The summed E-state index contributed by atoms with van der Waals surface area (Å²) in [5, 5.41) is 10.1. The monoisotopic (exact) mass is 240 g/mol. The zero-order valence-corrected chi connectivity index (χ0v) is 11.7. The maximum absolute atomic E-state index is 10.1. The maximum Gasteiger partial charge on any atom is 0.0685 e. The molecule has 2 fully saturated rings. The predicted molar refractivity (Wildman–Crippen MR) is 70.0 cm³/mol. The van der Waals surface area contributed by atoms with Crippen molar-refractivity contribution in [1.82, 2.24) is 0 Å². The van der Waals surface area contributed by atoms with Gasteiger partial charge in [0, 0.05) is 6.61 Å². The molecule has 0 bridgehead atoms. The van der Waals surface area contributed by atoms with Gasteiger partial charge in [-0.3, -0.25) is 0 Å². The van der Waals surface area contributed by atoms with Gasteiger partial charge in [-0.25, -0.2) is 0 Å². The average molecular weight is 240 g/mol. The van der Waals surface area contributed by atoms with Crippen molar-refractivity contribution in [1.29, 1.82) is 0 Å². The molecule has 2 nitrogen and oxygen atoms in total. The third-order valence-corrected chi connectivity index (χ3v) is 4.71. The van der Waals surface area contributed by atoms with Gasteiger partial charge in [0.2, 0.25) is 0 Å². The highest BCUT2D eigenvalue weighted by atomic mass is 16.5. The molecule has 0 aromatic rings. The molecule has 100 valence electrons. The van der Waals surface area contributed by atoms with Crippen LogP contribution in [0.5, 0.6) is 0 Å². The number of ether oxygens (including phenoxy) is 1. The molecule has 0 aromatic carbocycles. The molecule has 1 saturated carbocycles. The Morgan fingerprint density at radius 1 is 1.35 bits per heavy atom. The molecule has 0 radical (unpaired) electrons. The molecule has 1 aliphatic heterocycles. The first-order chi connectivity index (χ1) is 7.91. The van der Waals surface area contributed by atoms with Crippen LogP contribution in [0, 0.1) is 11.3 Å². The second-order valence-electron chi connectivity index (χ2n) is 7.20. The first kappa shape index (κ1) is 13.4. The molecule has 2 atom stereocenters. The summed E-state index contributed by atoms with van der Waals surface area (Å²) >= 11 is 0. The van der Waals surface area contributed by atoms with Gasteiger partial charge in [0.15, 0.2) is 0 Å². The van der Waals surface area contributed by atoms with E-state index < -0.39 is 0 Å². The summed E-state index contributed by atoms with van der Waals surface area (Å²) in [5.74, 6) is 0.779. The first-order valence-corrected chi connectivity index (χ1v) is 7.23. The third kappa shape index (κ3) is 3.23. The van der Waals surface area contributed by atoms with E-state index in [0.717, 1.165) is 18.9 Å². The Balaban J connectivity index is 1.76. The van der Waals surface area contributed by atoms with Crippen molar-refractivity contribution in [2.45, 2.75) is 77.4 Å². The summed E-state index contributed by atoms with van der Waals surface area (Å²) in [6, 6.07) is 0. The van der Waals surface area contributed by atoms with Crippen molar-refractivity contribution in [2.24, 2.45) is 11.3 Å². The van der Waals surface area contributed by atoms with E-state index in [4.69, 9.17) is 4.74 Å². The fourth-order valence-electron chi connectivity index (χ4n) is 3.12. The molecule has 17 heavy (non-hydrogen) atoms. The van der Waals surface area contributed by atoms with E-state index in [2.05, 4.69) is 20.8 Å². The summed E-state index contributed by atoms with van der Waals surface area (Å²) in [6.45, 7) is 7.30. The molecule has 2 rings (SSSR count). The Kier molecular flexibility index (Phi) is 3.84. The highest BCUT2D eigenvalue weighted by molar-refractivity contribution is 4.94. The van der Waals surface area contributed by atoms with Crippen LogP contribution < -0.4 is 0 Å². The second-order valence-corrected chi connectivity index (χ2v) is 7.20. The van der Waals surface area contributed by atoms with Crippen LogP contribution in [0.1, 0.15) is 65.7 Å². The summed E-state index contributed by atoms with van der Waals surface area (Å²) in [6.07, 6.45) is 8.27. The van der Waals surface area contributed by atoms with Gasteiger partial charge < -0.3 is 9.84 Å². The standard InChI is InChI=1S/C15H28O2/c1-14(2,3)13(16)6-5-12-7-10-17-15(11-12)8-4-9-15/h12-13,16H,4-11H2,1-3H3. The molecule has 2 unspecified atom stereocenters. The van der Waals surface area contributed by atoms with Gasteiger partial charge in [-0.05, 0) is 56.3 Å². The third-order valence-electron chi connectivity index (χ3n) is 4.71. The summed E-state index contributed by atoms with van der Waals surface area (Å²) in [7, 11) is 0. The Bertz CT molecular complexity index is 250. The fraction of sp³-hybridized carbons (Fsp3) is 1.00. The van der Waals surface area contributed by atoms with Gasteiger partial charge in [-0.2, -0.15) is 0 Å². The SMILES string of the molecule is CC(C)(C)C(O)CCC1CCOC2(CCC2)C1. The zero-order valence-electron chi connectivity index (χ0n) is 11.7. The van der Waals surface area contributed by atoms with Gasteiger partial charge >= 0.3 is 0 Å². The van der Waals surface area contributed by atoms with E-state index in [-0.39, 0.29) is 17.1 Å². The van der Waals surface area contributed by atoms with Gasteiger partial charge in [-0.1, -0.05) is 20.8 Å². The maximum atomic E-state index is 10.1. The Morgan fingerprint density at radius 3 is 2.59 bits per heavy atom. The summed E-state index contributed by atoms with van der Waals surface area (Å²) in [4.78, 5) is 0. The van der Waals surface area contributed by atoms with Crippen LogP contribution in [0.25, 0.3) is 0 Å². The van der Waals surface area contributed by atoms with Gasteiger partial charge in [0.1, 0.15) is 0 Å². The lowest BCUT2D eigenvalue weighted by Crippen LogP contribution is -2.45. The fourth-order valence-corrected chi connectivity index (χ4v) is 3.12. The van der Waals surface area contributed by atoms with E-state index in [9.17, 15) is 5.11 Å². The Morgan fingerprint density at radius 2 is 2.06 bits per heavy atom. The average Bonchev–Trinajstić information content (AvgIpc) is 2.23. The lowest BCUT2D eigenvalue weighted by Gasteiger charge is -2.47. The Hall–Kier alpha value is -0.0800. The van der Waals surface area contributed by atoms with Gasteiger partial charge in [0.25, 0.3) is 0 Å². The molecule has 1 spiro atoms. The van der Waals surface area contributed by atoms with Crippen molar-refractivity contribution in [3.63, 3.8) is 0 Å². The summed E-state index contributed by atoms with van der Waals surface area (Å²) < 4.78 is 5.94. The largest absolute Gasteiger partial charge is 0.393 e. The predicted octanol–water partition coefficient (Wildman–Crippen LogP) is 3.52. The number of rotatable bonds is 3. The van der Waals surface area contributed by atoms with E-state index >= 15 is 0 Å². The molecule has 1 N–H and O–H groups in total. The molecular weight excluding hydrogens is 212 g/mol. The van der Waals surface area contributed by atoms with Crippen LogP contribution in [-0.2, 0) is 4.74 Å². The van der Waals surface area contributed by atoms with Crippen LogP contribution in [0.2, 0.25) is 0 Å². The molecule has 2 heteroatoms. The smallest absolute Gasteiger partial charge is 0.0685 e. The van der Waals surface area contributed by atoms with Crippen molar-refractivity contribution in [2.75, 3.05) is 6.61 Å². The molecule has 0 amide bonds. The van der Waals surface area contributed by atoms with Crippen LogP contribution in [0.4, 0.5) is 0 Å². The number of hydrogen-bond acceptors (Lipinski definition) is 2. The number of aliphatic hydroxyl groups excluding tert-OH is 1. The van der Waals surface area contributed by atoms with Gasteiger partial charge in [0.05, 0.1) is 11.7 Å². The summed E-state index contributed by atoms with van der Waals surface area (Å²) in [5.41, 5.74) is 0.287. The van der Waals surface area contributed by atoms with E-state index in [0.29, 0.717) is 0 Å². The Labute approximate surface area is 106 Å².